The van der Waals surface area contributed by atoms with E-state index in [1.54, 1.807) is 0 Å². The molecule has 1 aromatic rings. The zero-order chi connectivity index (χ0) is 13.8. The monoisotopic (exact) mass is 263 g/mol. The van der Waals surface area contributed by atoms with Gasteiger partial charge in [0.25, 0.3) is 0 Å². The van der Waals surface area contributed by atoms with Gasteiger partial charge in [-0.3, -0.25) is 0 Å². The van der Waals surface area contributed by atoms with Crippen molar-refractivity contribution in [3.63, 3.8) is 0 Å². The lowest BCUT2D eigenvalue weighted by molar-refractivity contribution is 0.311. The molecular formula is C14H25N5. The van der Waals surface area contributed by atoms with Gasteiger partial charge in [0.1, 0.15) is 0 Å². The van der Waals surface area contributed by atoms with Gasteiger partial charge in [-0.1, -0.05) is 13.8 Å². The minimum atomic E-state index is 0.549. The molecule has 0 atom stereocenters. The number of aromatic nitrogens is 2. The van der Waals surface area contributed by atoms with E-state index in [9.17, 15) is 0 Å². The van der Waals surface area contributed by atoms with E-state index in [2.05, 4.69) is 40.9 Å². The summed E-state index contributed by atoms with van der Waals surface area (Å²) in [6.45, 7) is 9.00. The van der Waals surface area contributed by atoms with Crippen molar-refractivity contribution in [3.05, 3.63) is 16.8 Å². The van der Waals surface area contributed by atoms with E-state index < -0.39 is 0 Å². The predicted molar refractivity (Wildman–Crippen MR) is 78.4 cm³/mol. The third-order valence-electron chi connectivity index (χ3n) is 3.94. The van der Waals surface area contributed by atoms with Crippen molar-refractivity contribution < 1.29 is 0 Å². The lowest BCUT2D eigenvalue weighted by Crippen LogP contribution is -2.45. The van der Waals surface area contributed by atoms with Gasteiger partial charge in [0.15, 0.2) is 5.82 Å². The molecule has 0 bridgehead atoms. The number of hydrogen-bond donors (Lipinski definition) is 1. The fourth-order valence-corrected chi connectivity index (χ4v) is 2.73. The predicted octanol–water partition coefficient (Wildman–Crippen LogP) is 0.812. The fourth-order valence-electron chi connectivity index (χ4n) is 2.73. The second-order valence-electron chi connectivity index (χ2n) is 5.13. The van der Waals surface area contributed by atoms with E-state index in [1.165, 1.54) is 11.1 Å². The van der Waals surface area contributed by atoms with Gasteiger partial charge in [0.05, 0.1) is 5.69 Å². The highest BCUT2D eigenvalue weighted by atomic mass is 15.3. The minimum absolute atomic E-state index is 0.549. The molecule has 0 aliphatic carbocycles. The van der Waals surface area contributed by atoms with Crippen LogP contribution < -0.4 is 10.6 Å². The number of aryl methyl sites for hydroxylation is 1. The highest BCUT2D eigenvalue weighted by molar-refractivity contribution is 5.51. The van der Waals surface area contributed by atoms with Crippen LogP contribution in [0, 0.1) is 0 Å². The smallest absolute Gasteiger partial charge is 0.156 e. The van der Waals surface area contributed by atoms with Gasteiger partial charge in [-0.25, -0.2) is 0 Å². The Bertz CT molecular complexity index is 424. The zero-order valence-corrected chi connectivity index (χ0v) is 12.3. The first-order chi connectivity index (χ1) is 9.21. The molecule has 19 heavy (non-hydrogen) atoms. The Labute approximate surface area is 115 Å². The molecule has 0 saturated carbocycles. The molecule has 1 saturated heterocycles. The van der Waals surface area contributed by atoms with E-state index in [0.717, 1.165) is 50.5 Å². The summed E-state index contributed by atoms with van der Waals surface area (Å²) in [7, 11) is 2.16. The number of anilines is 1. The first kappa shape index (κ1) is 14.2. The second kappa shape index (κ2) is 6.30. The molecular weight excluding hydrogens is 238 g/mol. The van der Waals surface area contributed by atoms with Crippen molar-refractivity contribution in [2.45, 2.75) is 33.2 Å². The number of rotatable bonds is 4. The first-order valence-electron chi connectivity index (χ1n) is 7.22. The summed E-state index contributed by atoms with van der Waals surface area (Å²) in [5.41, 5.74) is 9.57. The number of likely N-dealkylation sites (N-methyl/N-ethyl adjacent to an activating group) is 1. The quantitative estimate of drug-likeness (QED) is 0.871. The molecule has 0 aromatic carbocycles. The lowest BCUT2D eigenvalue weighted by Gasteiger charge is -2.34. The Balaban J connectivity index is 2.34. The van der Waals surface area contributed by atoms with Gasteiger partial charge in [-0.2, -0.15) is 5.10 Å². The number of hydrogen-bond acceptors (Lipinski definition) is 5. The number of nitrogens with zero attached hydrogens (tertiary/aromatic N) is 4. The Morgan fingerprint density at radius 2 is 1.68 bits per heavy atom. The molecule has 0 radical (unpaired) electrons. The number of piperazine rings is 1. The van der Waals surface area contributed by atoms with E-state index in [-0.39, 0.29) is 0 Å². The molecule has 1 aliphatic heterocycles. The topological polar surface area (TPSA) is 58.3 Å². The average molecular weight is 263 g/mol. The van der Waals surface area contributed by atoms with E-state index in [1.807, 2.05) is 0 Å². The largest absolute Gasteiger partial charge is 0.352 e. The summed E-state index contributed by atoms with van der Waals surface area (Å²) in [5.74, 6) is 1.00. The fraction of sp³-hybridized carbons (Fsp3) is 0.714. The summed E-state index contributed by atoms with van der Waals surface area (Å²) in [6, 6.07) is 0. The van der Waals surface area contributed by atoms with Gasteiger partial charge in [0.2, 0.25) is 0 Å². The Kier molecular flexibility index (Phi) is 4.71. The maximum absolute atomic E-state index is 5.98. The zero-order valence-electron chi connectivity index (χ0n) is 12.3. The summed E-state index contributed by atoms with van der Waals surface area (Å²) in [5, 5.41) is 8.87. The van der Waals surface area contributed by atoms with E-state index in [0.29, 0.717) is 6.54 Å². The third kappa shape index (κ3) is 2.87. The van der Waals surface area contributed by atoms with Gasteiger partial charge in [-0.15, -0.1) is 5.10 Å². The van der Waals surface area contributed by atoms with Crippen LogP contribution in [0.4, 0.5) is 5.82 Å². The molecule has 1 aromatic heterocycles. The van der Waals surface area contributed by atoms with E-state index >= 15 is 0 Å². The first-order valence-corrected chi connectivity index (χ1v) is 7.22. The maximum atomic E-state index is 5.98. The van der Waals surface area contributed by atoms with Crippen LogP contribution in [0.2, 0.25) is 0 Å². The summed E-state index contributed by atoms with van der Waals surface area (Å²) in [4.78, 5) is 4.67. The van der Waals surface area contributed by atoms with Crippen molar-refractivity contribution in [1.29, 1.82) is 0 Å². The van der Waals surface area contributed by atoms with Crippen molar-refractivity contribution in [2.24, 2.45) is 5.73 Å². The molecule has 0 unspecified atom stereocenters. The van der Waals surface area contributed by atoms with Crippen LogP contribution >= 0.6 is 0 Å². The summed E-state index contributed by atoms with van der Waals surface area (Å²) in [6.07, 6.45) is 1.90. The highest BCUT2D eigenvalue weighted by Gasteiger charge is 2.21. The van der Waals surface area contributed by atoms with Crippen LogP contribution in [0.15, 0.2) is 0 Å². The van der Waals surface area contributed by atoms with Crippen LogP contribution in [0.5, 0.6) is 0 Å². The Morgan fingerprint density at radius 3 is 2.21 bits per heavy atom. The van der Waals surface area contributed by atoms with Crippen LogP contribution in [0.3, 0.4) is 0 Å². The van der Waals surface area contributed by atoms with Gasteiger partial charge >= 0.3 is 0 Å². The molecule has 1 aliphatic rings. The lowest BCUT2D eigenvalue weighted by atomic mass is 10.0. The van der Waals surface area contributed by atoms with Crippen LogP contribution in [0.25, 0.3) is 0 Å². The summed E-state index contributed by atoms with van der Waals surface area (Å²) < 4.78 is 0. The molecule has 2 N–H and O–H groups in total. The standard InChI is InChI=1S/C14H25N5/c1-4-11-12(10-15)14(17-16-13(11)5-2)19-8-6-18(3)7-9-19/h4-10,15H2,1-3H3. The van der Waals surface area contributed by atoms with E-state index in [4.69, 9.17) is 5.73 Å². The second-order valence-corrected chi connectivity index (χ2v) is 5.13. The third-order valence-corrected chi connectivity index (χ3v) is 3.94. The minimum Gasteiger partial charge on any atom is -0.352 e. The molecule has 5 heteroatoms. The van der Waals surface area contributed by atoms with Crippen molar-refractivity contribution >= 4 is 5.82 Å². The molecule has 5 nitrogen and oxygen atoms in total. The number of nitrogens with two attached hydrogens (primary N) is 1. The van der Waals surface area contributed by atoms with Crippen molar-refractivity contribution in [2.75, 3.05) is 38.1 Å². The average Bonchev–Trinajstić information content (AvgIpc) is 2.46. The maximum Gasteiger partial charge on any atom is 0.156 e. The SMILES string of the molecule is CCc1nnc(N2CCN(C)CC2)c(CN)c1CC. The van der Waals surface area contributed by atoms with Gasteiger partial charge in [-0.05, 0) is 25.5 Å². The Morgan fingerprint density at radius 1 is 1.00 bits per heavy atom. The van der Waals surface area contributed by atoms with Gasteiger partial charge < -0.3 is 15.5 Å². The van der Waals surface area contributed by atoms with Crippen molar-refractivity contribution in [1.82, 2.24) is 15.1 Å². The van der Waals surface area contributed by atoms with Crippen LogP contribution in [-0.2, 0) is 19.4 Å². The summed E-state index contributed by atoms with van der Waals surface area (Å²) >= 11 is 0. The van der Waals surface area contributed by atoms with Gasteiger partial charge in [0, 0.05) is 38.3 Å². The highest BCUT2D eigenvalue weighted by Crippen LogP contribution is 2.24. The van der Waals surface area contributed by atoms with Crippen LogP contribution in [-0.4, -0.2) is 48.3 Å². The molecule has 0 spiro atoms. The van der Waals surface area contributed by atoms with Crippen molar-refractivity contribution in [3.8, 4) is 0 Å². The molecule has 106 valence electrons. The molecule has 0 amide bonds. The van der Waals surface area contributed by atoms with Crippen LogP contribution in [0.1, 0.15) is 30.7 Å². The normalized spacial score (nSPS) is 16.9. The molecule has 1 fully saturated rings. The molecule has 2 rings (SSSR count). The molecule has 2 heterocycles. The Hall–Kier alpha value is -1.20.